The Morgan fingerprint density at radius 1 is 1.15 bits per heavy atom. The van der Waals surface area contributed by atoms with Crippen LogP contribution in [0.2, 0.25) is 0 Å². The van der Waals surface area contributed by atoms with Gasteiger partial charge in [0.15, 0.2) is 0 Å². The summed E-state index contributed by atoms with van der Waals surface area (Å²) in [7, 11) is 0. The molecule has 0 saturated carbocycles. The molecule has 0 amide bonds. The van der Waals surface area contributed by atoms with Crippen molar-refractivity contribution in [2.24, 2.45) is 11.8 Å². The van der Waals surface area contributed by atoms with Crippen LogP contribution in [0.4, 0.5) is 11.9 Å². The molecule has 0 aliphatic carbocycles. The normalized spacial score (nSPS) is 23.0. The Morgan fingerprint density at radius 3 is 2.65 bits per heavy atom. The van der Waals surface area contributed by atoms with E-state index in [9.17, 15) is 0 Å². The minimum absolute atomic E-state index is 0.201. The molecule has 1 fully saturated rings. The van der Waals surface area contributed by atoms with Crippen LogP contribution in [0.5, 0.6) is 0 Å². The van der Waals surface area contributed by atoms with Crippen molar-refractivity contribution in [3.63, 3.8) is 0 Å². The summed E-state index contributed by atoms with van der Waals surface area (Å²) in [5.41, 5.74) is 5.78. The molecule has 8 heteroatoms. The minimum atomic E-state index is 0.201. The molecule has 8 nitrogen and oxygen atoms in total. The van der Waals surface area contributed by atoms with Crippen molar-refractivity contribution in [2.45, 2.75) is 20.3 Å². The summed E-state index contributed by atoms with van der Waals surface area (Å²) in [6.45, 7) is 6.40. The second-order valence-electron chi connectivity index (χ2n) is 5.32. The Morgan fingerprint density at radius 2 is 1.95 bits per heavy atom. The van der Waals surface area contributed by atoms with Crippen molar-refractivity contribution >= 4 is 11.9 Å². The van der Waals surface area contributed by atoms with Crippen molar-refractivity contribution < 1.29 is 0 Å². The van der Waals surface area contributed by atoms with Crippen LogP contribution in [0.25, 0.3) is 5.95 Å². The first-order valence-electron chi connectivity index (χ1n) is 6.75. The number of aromatic nitrogens is 6. The van der Waals surface area contributed by atoms with Gasteiger partial charge in [0.25, 0.3) is 5.95 Å². The first-order chi connectivity index (χ1) is 9.63. The molecule has 106 valence electrons. The minimum Gasteiger partial charge on any atom is -0.368 e. The Bertz CT molecular complexity index is 581. The summed E-state index contributed by atoms with van der Waals surface area (Å²) in [5, 5.41) is 4.02. The van der Waals surface area contributed by atoms with E-state index < -0.39 is 0 Å². The van der Waals surface area contributed by atoms with Gasteiger partial charge in [-0.15, -0.1) is 0 Å². The van der Waals surface area contributed by atoms with Gasteiger partial charge >= 0.3 is 0 Å². The second kappa shape index (κ2) is 5.03. The molecule has 2 aromatic heterocycles. The van der Waals surface area contributed by atoms with Gasteiger partial charge in [0.05, 0.1) is 0 Å². The van der Waals surface area contributed by atoms with Gasteiger partial charge in [-0.05, 0) is 18.3 Å². The lowest BCUT2D eigenvalue weighted by atomic mass is 9.89. The van der Waals surface area contributed by atoms with E-state index in [2.05, 4.69) is 43.8 Å². The molecule has 3 rings (SSSR count). The molecular formula is C12H18N8. The van der Waals surface area contributed by atoms with Crippen LogP contribution in [0.15, 0.2) is 12.7 Å². The molecule has 0 radical (unpaired) electrons. The van der Waals surface area contributed by atoms with Gasteiger partial charge in [-0.3, -0.25) is 0 Å². The monoisotopic (exact) mass is 274 g/mol. The van der Waals surface area contributed by atoms with Gasteiger partial charge in [0.2, 0.25) is 11.9 Å². The van der Waals surface area contributed by atoms with Gasteiger partial charge in [0.1, 0.15) is 12.7 Å². The third kappa shape index (κ3) is 2.40. The Balaban J connectivity index is 1.90. The zero-order valence-corrected chi connectivity index (χ0v) is 11.6. The molecule has 0 spiro atoms. The number of nitrogens with zero attached hydrogens (tertiary/aromatic N) is 7. The molecule has 1 aliphatic heterocycles. The van der Waals surface area contributed by atoms with E-state index in [1.54, 1.807) is 6.33 Å². The largest absolute Gasteiger partial charge is 0.368 e. The molecule has 3 heterocycles. The van der Waals surface area contributed by atoms with E-state index in [0.717, 1.165) is 25.4 Å². The number of nitrogens with two attached hydrogens (primary N) is 1. The number of nitrogen functional groups attached to an aromatic ring is 1. The van der Waals surface area contributed by atoms with E-state index in [1.807, 2.05) is 0 Å². The summed E-state index contributed by atoms with van der Waals surface area (Å²) >= 11 is 0. The predicted molar refractivity (Wildman–Crippen MR) is 74.3 cm³/mol. The summed E-state index contributed by atoms with van der Waals surface area (Å²) < 4.78 is 1.48. The number of rotatable bonds is 2. The number of anilines is 2. The first kappa shape index (κ1) is 12.8. The maximum absolute atomic E-state index is 5.78. The van der Waals surface area contributed by atoms with Gasteiger partial charge in [-0.25, -0.2) is 4.98 Å². The lowest BCUT2D eigenvalue weighted by Gasteiger charge is -2.35. The highest BCUT2D eigenvalue weighted by Crippen LogP contribution is 2.25. The summed E-state index contributed by atoms with van der Waals surface area (Å²) in [6.07, 6.45) is 4.11. The van der Waals surface area contributed by atoms with Gasteiger partial charge in [-0.1, -0.05) is 13.8 Å². The highest BCUT2D eigenvalue weighted by atomic mass is 15.4. The van der Waals surface area contributed by atoms with Gasteiger partial charge < -0.3 is 10.6 Å². The molecule has 2 aromatic rings. The molecule has 2 N–H and O–H groups in total. The molecule has 2 atom stereocenters. The fourth-order valence-corrected chi connectivity index (χ4v) is 2.37. The van der Waals surface area contributed by atoms with E-state index in [-0.39, 0.29) is 5.95 Å². The van der Waals surface area contributed by atoms with E-state index in [4.69, 9.17) is 5.73 Å². The Hall–Kier alpha value is -2.25. The summed E-state index contributed by atoms with van der Waals surface area (Å²) in [5.74, 6) is 2.54. The van der Waals surface area contributed by atoms with E-state index >= 15 is 0 Å². The third-order valence-electron chi connectivity index (χ3n) is 3.87. The average Bonchev–Trinajstić information content (AvgIpc) is 2.95. The molecular weight excluding hydrogens is 256 g/mol. The van der Waals surface area contributed by atoms with E-state index in [0.29, 0.717) is 17.8 Å². The SMILES string of the molecule is CC1CCN(c2nc(N)nc(-n3cncn3)n2)CC1C. The summed E-state index contributed by atoms with van der Waals surface area (Å²) in [6, 6.07) is 0. The van der Waals surface area contributed by atoms with Gasteiger partial charge in [-0.2, -0.15) is 24.7 Å². The Kier molecular flexibility index (Phi) is 3.21. The molecule has 1 saturated heterocycles. The molecule has 1 aliphatic rings. The van der Waals surface area contributed by atoms with Crippen LogP contribution >= 0.6 is 0 Å². The maximum Gasteiger partial charge on any atom is 0.258 e. The van der Waals surface area contributed by atoms with Crippen LogP contribution in [0, 0.1) is 11.8 Å². The highest BCUT2D eigenvalue weighted by Gasteiger charge is 2.25. The van der Waals surface area contributed by atoms with Crippen molar-refractivity contribution in [3.05, 3.63) is 12.7 Å². The number of piperidine rings is 1. The van der Waals surface area contributed by atoms with E-state index in [1.165, 1.54) is 11.0 Å². The lowest BCUT2D eigenvalue weighted by molar-refractivity contribution is 0.321. The van der Waals surface area contributed by atoms with Crippen LogP contribution < -0.4 is 10.6 Å². The number of hydrogen-bond donors (Lipinski definition) is 1. The average molecular weight is 274 g/mol. The lowest BCUT2D eigenvalue weighted by Crippen LogP contribution is -2.39. The van der Waals surface area contributed by atoms with Crippen molar-refractivity contribution in [1.29, 1.82) is 0 Å². The smallest absolute Gasteiger partial charge is 0.258 e. The number of hydrogen-bond acceptors (Lipinski definition) is 7. The quantitative estimate of drug-likeness (QED) is 0.852. The van der Waals surface area contributed by atoms with Gasteiger partial charge in [0, 0.05) is 13.1 Å². The van der Waals surface area contributed by atoms with Crippen LogP contribution in [0.1, 0.15) is 20.3 Å². The fourth-order valence-electron chi connectivity index (χ4n) is 2.37. The topological polar surface area (TPSA) is 98.6 Å². The maximum atomic E-state index is 5.78. The van der Waals surface area contributed by atoms with Crippen molar-refractivity contribution in [1.82, 2.24) is 29.7 Å². The molecule has 20 heavy (non-hydrogen) atoms. The Labute approximate surface area is 117 Å². The van der Waals surface area contributed by atoms with Crippen LogP contribution in [-0.4, -0.2) is 42.8 Å². The molecule has 2 unspecified atom stereocenters. The molecule has 0 bridgehead atoms. The van der Waals surface area contributed by atoms with Crippen molar-refractivity contribution in [3.8, 4) is 5.95 Å². The first-order valence-corrected chi connectivity index (χ1v) is 6.75. The highest BCUT2D eigenvalue weighted by molar-refractivity contribution is 5.38. The van der Waals surface area contributed by atoms with Crippen LogP contribution in [0.3, 0.4) is 0 Å². The third-order valence-corrected chi connectivity index (χ3v) is 3.87. The van der Waals surface area contributed by atoms with Crippen LogP contribution in [-0.2, 0) is 0 Å². The van der Waals surface area contributed by atoms with Crippen molar-refractivity contribution in [2.75, 3.05) is 23.7 Å². The molecule has 0 aromatic carbocycles. The zero-order chi connectivity index (χ0) is 14.1. The summed E-state index contributed by atoms with van der Waals surface area (Å²) in [4.78, 5) is 18.8. The predicted octanol–water partition coefficient (Wildman–Crippen LogP) is 0.517. The fraction of sp³-hybridized carbons (Fsp3) is 0.583. The zero-order valence-electron chi connectivity index (χ0n) is 11.6. The standard InChI is InChI=1S/C12H18N8/c1-8-3-4-19(5-9(8)2)11-16-10(13)17-12(18-11)20-7-14-6-15-20/h6-9H,3-5H2,1-2H3,(H2,13,16,17,18). The second-order valence-corrected chi connectivity index (χ2v) is 5.32.